The second-order valence-electron chi connectivity index (χ2n) is 8.34. The maximum Gasteiger partial charge on any atom is 0.274 e. The number of carbonyl (C=O) groups is 2. The van der Waals surface area contributed by atoms with Gasteiger partial charge in [-0.3, -0.25) is 14.7 Å². The number of nitrogens with one attached hydrogen (secondary N) is 1. The summed E-state index contributed by atoms with van der Waals surface area (Å²) in [5.74, 6) is -0.173. The Morgan fingerprint density at radius 2 is 2.14 bits per heavy atom. The molecule has 2 N–H and O–H groups in total. The highest BCUT2D eigenvalue weighted by Crippen LogP contribution is 2.49. The molecule has 154 valence electrons. The summed E-state index contributed by atoms with van der Waals surface area (Å²) >= 11 is 1.65. The molecule has 4 atom stereocenters. The summed E-state index contributed by atoms with van der Waals surface area (Å²) in [6.45, 7) is 5.46. The largest absolute Gasteiger partial charge is 0.396 e. The summed E-state index contributed by atoms with van der Waals surface area (Å²) in [5, 5.41) is 17.2. The third-order valence-electron chi connectivity index (χ3n) is 6.54. The lowest BCUT2D eigenvalue weighted by Gasteiger charge is -2.40. The molecule has 3 saturated heterocycles. The van der Waals surface area contributed by atoms with Crippen molar-refractivity contribution in [2.45, 2.75) is 25.6 Å². The number of H-pyrrole nitrogens is 1. The van der Waals surface area contributed by atoms with Crippen molar-refractivity contribution in [3.63, 3.8) is 0 Å². The molecular formula is C20H24N4O4S. The fraction of sp³-hybridized carbons (Fsp3) is 0.550. The lowest BCUT2D eigenvalue weighted by atomic mass is 9.83. The van der Waals surface area contributed by atoms with Crippen molar-refractivity contribution in [2.75, 3.05) is 32.8 Å². The highest BCUT2D eigenvalue weighted by molar-refractivity contribution is 7.15. The van der Waals surface area contributed by atoms with Gasteiger partial charge in [0.15, 0.2) is 5.69 Å². The molecule has 0 aliphatic carbocycles. The number of aryl methyl sites for hydroxylation is 1. The van der Waals surface area contributed by atoms with Crippen LogP contribution in [-0.4, -0.2) is 81.4 Å². The third-order valence-corrected chi connectivity index (χ3v) is 7.57. The molecule has 2 aromatic heterocycles. The van der Waals surface area contributed by atoms with Crippen LogP contribution < -0.4 is 0 Å². The summed E-state index contributed by atoms with van der Waals surface area (Å²) in [6, 6.07) is 5.85. The van der Waals surface area contributed by atoms with Gasteiger partial charge in [-0.1, -0.05) is 0 Å². The van der Waals surface area contributed by atoms with Gasteiger partial charge in [0.1, 0.15) is 5.60 Å². The molecule has 2 amide bonds. The third kappa shape index (κ3) is 2.91. The second-order valence-corrected chi connectivity index (χ2v) is 9.62. The van der Waals surface area contributed by atoms with Crippen LogP contribution in [-0.2, 0) is 9.53 Å². The number of carbonyl (C=O) groups excluding carboxylic acids is 2. The zero-order chi connectivity index (χ0) is 20.3. The lowest BCUT2D eigenvalue weighted by Crippen LogP contribution is -2.56. The second kappa shape index (κ2) is 6.65. The van der Waals surface area contributed by atoms with Crippen molar-refractivity contribution < 1.29 is 19.4 Å². The number of hydrogen-bond donors (Lipinski definition) is 2. The maximum absolute atomic E-state index is 13.2. The fourth-order valence-electron chi connectivity index (χ4n) is 5.13. The van der Waals surface area contributed by atoms with Gasteiger partial charge in [0.05, 0.1) is 29.8 Å². The Hall–Kier alpha value is -2.23. The van der Waals surface area contributed by atoms with E-state index in [2.05, 4.69) is 10.2 Å². The van der Waals surface area contributed by atoms with Crippen LogP contribution in [0.25, 0.3) is 10.6 Å². The number of hydrogen-bond acceptors (Lipinski definition) is 6. The number of thiophene rings is 1. The van der Waals surface area contributed by atoms with Gasteiger partial charge in [-0.2, -0.15) is 5.10 Å². The van der Waals surface area contributed by atoms with Crippen LogP contribution in [0.3, 0.4) is 0 Å². The molecular weight excluding hydrogens is 392 g/mol. The van der Waals surface area contributed by atoms with Crippen LogP contribution in [0.1, 0.15) is 22.3 Å². The van der Waals surface area contributed by atoms with Gasteiger partial charge < -0.3 is 19.6 Å². The van der Waals surface area contributed by atoms with Crippen LogP contribution >= 0.6 is 11.3 Å². The van der Waals surface area contributed by atoms with Crippen molar-refractivity contribution >= 4 is 23.2 Å². The number of morpholine rings is 1. The number of nitrogens with zero attached hydrogens (tertiary/aromatic N) is 3. The van der Waals surface area contributed by atoms with Gasteiger partial charge in [0.25, 0.3) is 5.91 Å². The van der Waals surface area contributed by atoms with Crippen molar-refractivity contribution in [2.24, 2.45) is 11.8 Å². The van der Waals surface area contributed by atoms with Crippen LogP contribution in [0.15, 0.2) is 18.2 Å². The summed E-state index contributed by atoms with van der Waals surface area (Å²) < 4.78 is 6.31. The van der Waals surface area contributed by atoms with Crippen LogP contribution in [0, 0.1) is 18.8 Å². The van der Waals surface area contributed by atoms with E-state index < -0.39 is 5.60 Å². The summed E-state index contributed by atoms with van der Waals surface area (Å²) in [7, 11) is 0. The monoisotopic (exact) mass is 416 g/mol. The summed E-state index contributed by atoms with van der Waals surface area (Å²) in [4.78, 5) is 30.9. The van der Waals surface area contributed by atoms with E-state index in [1.165, 1.54) is 4.88 Å². The molecule has 3 aliphatic rings. The van der Waals surface area contributed by atoms with Gasteiger partial charge in [-0.15, -0.1) is 11.3 Å². The van der Waals surface area contributed by atoms with Crippen molar-refractivity contribution in [3.05, 3.63) is 28.8 Å². The van der Waals surface area contributed by atoms with E-state index >= 15 is 0 Å². The molecule has 3 fully saturated rings. The average molecular weight is 417 g/mol. The smallest absolute Gasteiger partial charge is 0.274 e. The van der Waals surface area contributed by atoms with Crippen molar-refractivity contribution in [3.8, 4) is 10.6 Å². The van der Waals surface area contributed by atoms with E-state index in [1.807, 2.05) is 19.1 Å². The molecule has 0 unspecified atom stereocenters. The first kappa shape index (κ1) is 18.8. The SMILES string of the molecule is CC(=O)N1C[C@@H]2[C@H](CO)[C@H]3CN(C(=O)c4cc(-c5ccc(C)s5)[nH]n4)C[C@]2(C1)O3. The number of fused-ring (bicyclic) bond motifs is 1. The molecule has 0 aromatic carbocycles. The molecule has 2 bridgehead atoms. The maximum atomic E-state index is 13.2. The Morgan fingerprint density at radius 3 is 2.83 bits per heavy atom. The molecule has 2 aromatic rings. The molecule has 0 saturated carbocycles. The van der Waals surface area contributed by atoms with Gasteiger partial charge in [0.2, 0.25) is 5.91 Å². The van der Waals surface area contributed by atoms with E-state index in [0.717, 1.165) is 10.6 Å². The van der Waals surface area contributed by atoms with Crippen molar-refractivity contribution in [1.82, 2.24) is 20.0 Å². The molecule has 9 heteroatoms. The standard InChI is InChI=1S/C20H24N4O4S/c1-11-3-4-18(29-11)15-5-16(22-21-15)19(27)24-7-17-13(8-25)14-6-23(12(2)26)9-20(14,10-24)28-17/h3-5,13-14,17,25H,6-10H2,1-2H3,(H,21,22)/t13-,14+,17+,20-/m0/s1. The molecule has 0 radical (unpaired) electrons. The Morgan fingerprint density at radius 1 is 1.34 bits per heavy atom. The number of aliphatic hydroxyl groups is 1. The van der Waals surface area contributed by atoms with Gasteiger partial charge in [-0.25, -0.2) is 0 Å². The predicted octanol–water partition coefficient (Wildman–Crippen LogP) is 1.13. The highest BCUT2D eigenvalue weighted by Gasteiger charge is 2.63. The first-order valence-electron chi connectivity index (χ1n) is 9.86. The zero-order valence-corrected chi connectivity index (χ0v) is 17.2. The highest BCUT2D eigenvalue weighted by atomic mass is 32.1. The van der Waals surface area contributed by atoms with Gasteiger partial charge in [0, 0.05) is 43.3 Å². The predicted molar refractivity (Wildman–Crippen MR) is 106 cm³/mol. The van der Waals surface area contributed by atoms with Gasteiger partial charge in [-0.05, 0) is 25.1 Å². The number of aromatic nitrogens is 2. The van der Waals surface area contributed by atoms with Gasteiger partial charge >= 0.3 is 0 Å². The number of rotatable bonds is 3. The lowest BCUT2D eigenvalue weighted by molar-refractivity contribution is -0.134. The Kier molecular flexibility index (Phi) is 4.30. The minimum atomic E-state index is -0.596. The van der Waals surface area contributed by atoms with E-state index in [9.17, 15) is 14.7 Å². The first-order chi connectivity index (χ1) is 13.9. The molecule has 8 nitrogen and oxygen atoms in total. The Balaban J connectivity index is 1.39. The van der Waals surface area contributed by atoms with Crippen LogP contribution in [0.2, 0.25) is 0 Å². The fourth-order valence-corrected chi connectivity index (χ4v) is 5.96. The summed E-state index contributed by atoms with van der Waals surface area (Å²) in [5.41, 5.74) is 0.611. The molecule has 5 heterocycles. The zero-order valence-electron chi connectivity index (χ0n) is 16.4. The Bertz CT molecular complexity index is 971. The molecule has 3 aliphatic heterocycles. The van der Waals surface area contributed by atoms with Crippen LogP contribution in [0.5, 0.6) is 0 Å². The number of ether oxygens (including phenoxy) is 1. The number of amides is 2. The topological polar surface area (TPSA) is 98.8 Å². The number of aliphatic hydroxyl groups excluding tert-OH is 1. The number of likely N-dealkylation sites (tertiary alicyclic amines) is 2. The van der Waals surface area contributed by atoms with E-state index in [-0.39, 0.29) is 36.4 Å². The number of aromatic amines is 1. The summed E-state index contributed by atoms with van der Waals surface area (Å²) in [6.07, 6.45) is -0.213. The van der Waals surface area contributed by atoms with E-state index in [4.69, 9.17) is 4.74 Å². The quantitative estimate of drug-likeness (QED) is 0.782. The first-order valence-corrected chi connectivity index (χ1v) is 10.7. The normalized spacial score (nSPS) is 30.7. The van der Waals surface area contributed by atoms with E-state index in [0.29, 0.717) is 31.9 Å². The molecule has 5 rings (SSSR count). The average Bonchev–Trinajstić information content (AvgIpc) is 3.43. The minimum absolute atomic E-state index is 0.00255. The Labute approximate surface area is 172 Å². The molecule has 1 spiro atoms. The van der Waals surface area contributed by atoms with Crippen molar-refractivity contribution in [1.29, 1.82) is 0 Å². The molecule has 29 heavy (non-hydrogen) atoms. The van der Waals surface area contributed by atoms with E-state index in [1.54, 1.807) is 34.1 Å². The van der Waals surface area contributed by atoms with Crippen LogP contribution in [0.4, 0.5) is 0 Å². The minimum Gasteiger partial charge on any atom is -0.396 e.